The highest BCUT2D eigenvalue weighted by Crippen LogP contribution is 2.39. The molecular weight excluding hydrogens is 286 g/mol. The number of nitrogens with zero attached hydrogens (tertiary/aromatic N) is 1. The monoisotopic (exact) mass is 303 g/mol. The highest BCUT2D eigenvalue weighted by Gasteiger charge is 2.35. The van der Waals surface area contributed by atoms with Crippen molar-refractivity contribution < 1.29 is 19.4 Å². The molecule has 22 heavy (non-hydrogen) atoms. The average molecular weight is 303 g/mol. The van der Waals surface area contributed by atoms with E-state index in [1.807, 2.05) is 12.1 Å². The van der Waals surface area contributed by atoms with Crippen LogP contribution in [0.5, 0.6) is 11.5 Å². The van der Waals surface area contributed by atoms with Crippen LogP contribution in [0.2, 0.25) is 0 Å². The third kappa shape index (κ3) is 2.29. The zero-order valence-electron chi connectivity index (χ0n) is 12.3. The number of imidazole rings is 1. The number of aromatic nitrogens is 2. The second-order valence-corrected chi connectivity index (χ2v) is 5.04. The zero-order chi connectivity index (χ0) is 15.7. The Morgan fingerprint density at radius 2 is 2.18 bits per heavy atom. The van der Waals surface area contributed by atoms with Crippen molar-refractivity contribution in [2.45, 2.75) is 18.5 Å². The van der Waals surface area contributed by atoms with E-state index in [0.717, 1.165) is 17.0 Å². The van der Waals surface area contributed by atoms with E-state index in [-0.39, 0.29) is 6.04 Å². The lowest BCUT2D eigenvalue weighted by atomic mass is 9.93. The number of hydrogen-bond acceptors (Lipinski definition) is 5. The smallest absolute Gasteiger partial charge is 0.321 e. The number of ether oxygens (including phenoxy) is 2. The molecule has 1 aliphatic heterocycles. The number of carboxylic acids is 1. The molecule has 3 rings (SSSR count). The summed E-state index contributed by atoms with van der Waals surface area (Å²) in [5.74, 6) is 0.269. The zero-order valence-corrected chi connectivity index (χ0v) is 12.3. The molecule has 2 atom stereocenters. The van der Waals surface area contributed by atoms with E-state index < -0.39 is 12.0 Å². The van der Waals surface area contributed by atoms with Crippen LogP contribution in [0.4, 0.5) is 0 Å². The lowest BCUT2D eigenvalue weighted by Gasteiger charge is -2.29. The lowest BCUT2D eigenvalue weighted by molar-refractivity contribution is -0.139. The van der Waals surface area contributed by atoms with E-state index in [4.69, 9.17) is 9.47 Å². The number of fused-ring (bicyclic) bond motifs is 1. The van der Waals surface area contributed by atoms with Gasteiger partial charge in [-0.15, -0.1) is 0 Å². The summed E-state index contributed by atoms with van der Waals surface area (Å²) in [6.07, 6.45) is 1.95. The summed E-state index contributed by atoms with van der Waals surface area (Å²) in [7, 11) is 3.13. The highest BCUT2D eigenvalue weighted by atomic mass is 16.5. The van der Waals surface area contributed by atoms with Gasteiger partial charge in [-0.1, -0.05) is 12.1 Å². The van der Waals surface area contributed by atoms with Gasteiger partial charge in [-0.05, 0) is 6.07 Å². The minimum Gasteiger partial charge on any atom is -0.493 e. The van der Waals surface area contributed by atoms with Crippen LogP contribution in [0.3, 0.4) is 0 Å². The molecule has 7 nitrogen and oxygen atoms in total. The van der Waals surface area contributed by atoms with Crippen LogP contribution in [0.15, 0.2) is 24.5 Å². The summed E-state index contributed by atoms with van der Waals surface area (Å²) in [5, 5.41) is 12.5. The number of para-hydroxylation sites is 1. The van der Waals surface area contributed by atoms with Gasteiger partial charge in [-0.3, -0.25) is 10.1 Å². The Labute approximate surface area is 127 Å². The summed E-state index contributed by atoms with van der Waals surface area (Å²) in [6, 6.07) is 4.46. The number of aromatic amines is 1. The van der Waals surface area contributed by atoms with Crippen molar-refractivity contribution in [1.29, 1.82) is 0 Å². The summed E-state index contributed by atoms with van der Waals surface area (Å²) in [6.45, 7) is 0. The van der Waals surface area contributed by atoms with Crippen LogP contribution in [0.25, 0.3) is 0 Å². The molecule has 2 heterocycles. The van der Waals surface area contributed by atoms with E-state index in [2.05, 4.69) is 15.3 Å². The predicted molar refractivity (Wildman–Crippen MR) is 78.2 cm³/mol. The van der Waals surface area contributed by atoms with Crippen LogP contribution >= 0.6 is 0 Å². The Morgan fingerprint density at radius 1 is 1.36 bits per heavy atom. The van der Waals surface area contributed by atoms with Crippen LogP contribution < -0.4 is 14.8 Å². The Bertz CT molecular complexity index is 698. The third-order valence-corrected chi connectivity index (χ3v) is 3.84. The molecule has 0 fully saturated rings. The number of nitrogens with one attached hydrogen (secondary N) is 2. The molecule has 1 aromatic heterocycles. The summed E-state index contributed by atoms with van der Waals surface area (Å²) in [5.41, 5.74) is 2.39. The fraction of sp³-hybridized carbons (Fsp3) is 0.333. The average Bonchev–Trinajstić information content (AvgIpc) is 3.01. The summed E-state index contributed by atoms with van der Waals surface area (Å²) >= 11 is 0. The molecule has 7 heteroatoms. The first-order valence-corrected chi connectivity index (χ1v) is 6.87. The highest BCUT2D eigenvalue weighted by molar-refractivity contribution is 5.74. The van der Waals surface area contributed by atoms with Crippen LogP contribution in [0, 0.1) is 0 Å². The maximum Gasteiger partial charge on any atom is 0.321 e. The van der Waals surface area contributed by atoms with E-state index in [1.165, 1.54) is 0 Å². The molecular formula is C15H17N3O4. The van der Waals surface area contributed by atoms with E-state index in [1.54, 1.807) is 26.6 Å². The number of rotatable bonds is 4. The minimum absolute atomic E-state index is 0.369. The van der Waals surface area contributed by atoms with Crippen molar-refractivity contribution in [3.8, 4) is 11.5 Å². The maximum atomic E-state index is 11.4. The Kier molecular flexibility index (Phi) is 3.72. The Balaban J connectivity index is 2.10. The minimum atomic E-state index is -0.896. The molecule has 0 saturated carbocycles. The van der Waals surface area contributed by atoms with Crippen molar-refractivity contribution in [1.82, 2.24) is 15.3 Å². The second kappa shape index (κ2) is 5.69. The molecule has 1 unspecified atom stereocenters. The summed E-state index contributed by atoms with van der Waals surface area (Å²) < 4.78 is 10.8. The largest absolute Gasteiger partial charge is 0.493 e. The van der Waals surface area contributed by atoms with Crippen molar-refractivity contribution in [3.63, 3.8) is 0 Å². The molecule has 116 valence electrons. The van der Waals surface area contributed by atoms with Crippen molar-refractivity contribution in [3.05, 3.63) is 41.5 Å². The third-order valence-electron chi connectivity index (χ3n) is 3.84. The topological polar surface area (TPSA) is 96.5 Å². The number of H-pyrrole nitrogens is 1. The van der Waals surface area contributed by atoms with Gasteiger partial charge in [0.25, 0.3) is 0 Å². The molecule has 0 bridgehead atoms. The quantitative estimate of drug-likeness (QED) is 0.783. The van der Waals surface area contributed by atoms with Crippen LogP contribution in [-0.2, 0) is 11.2 Å². The number of benzene rings is 1. The molecule has 2 aromatic rings. The first kappa shape index (κ1) is 14.4. The van der Waals surface area contributed by atoms with Gasteiger partial charge in [0.1, 0.15) is 6.04 Å². The van der Waals surface area contributed by atoms with Gasteiger partial charge in [0.05, 0.1) is 32.3 Å². The first-order valence-electron chi connectivity index (χ1n) is 6.87. The van der Waals surface area contributed by atoms with Crippen molar-refractivity contribution >= 4 is 5.97 Å². The Hall–Kier alpha value is -2.54. The van der Waals surface area contributed by atoms with Crippen LogP contribution in [0.1, 0.15) is 23.0 Å². The molecule has 0 spiro atoms. The maximum absolute atomic E-state index is 11.4. The van der Waals surface area contributed by atoms with Gasteiger partial charge in [0, 0.05) is 17.7 Å². The van der Waals surface area contributed by atoms with E-state index in [9.17, 15) is 9.90 Å². The van der Waals surface area contributed by atoms with Crippen molar-refractivity contribution in [2.24, 2.45) is 0 Å². The van der Waals surface area contributed by atoms with Gasteiger partial charge in [0.15, 0.2) is 11.5 Å². The molecule has 1 aromatic carbocycles. The standard InChI is InChI=1S/C15H17N3O4/c1-21-11-5-3-4-8(14(11)22-2)12-13-9(16-7-17-13)6-10(18-12)15(19)20/h3-5,7,10,12,18H,6H2,1-2H3,(H,16,17)(H,19,20)/t10-,12?/m0/s1. The molecule has 0 aliphatic carbocycles. The molecule has 3 N–H and O–H groups in total. The fourth-order valence-corrected chi connectivity index (χ4v) is 2.82. The van der Waals surface area contributed by atoms with Gasteiger partial charge in [0.2, 0.25) is 0 Å². The van der Waals surface area contributed by atoms with Crippen molar-refractivity contribution in [2.75, 3.05) is 14.2 Å². The fourth-order valence-electron chi connectivity index (χ4n) is 2.82. The molecule has 1 aliphatic rings. The predicted octanol–water partition coefficient (Wildman–Crippen LogP) is 1.12. The Morgan fingerprint density at radius 3 is 2.86 bits per heavy atom. The molecule has 0 saturated heterocycles. The number of carbonyl (C=O) groups is 1. The second-order valence-electron chi connectivity index (χ2n) is 5.04. The van der Waals surface area contributed by atoms with Gasteiger partial charge in [-0.25, -0.2) is 4.98 Å². The summed E-state index contributed by atoms with van der Waals surface area (Å²) in [4.78, 5) is 18.7. The number of aliphatic carboxylic acids is 1. The van der Waals surface area contributed by atoms with Gasteiger partial charge < -0.3 is 19.6 Å². The SMILES string of the molecule is COc1cccc(C2N[C@H](C(=O)O)Cc3[nH]cnc32)c1OC. The number of methoxy groups -OCH3 is 2. The van der Waals surface area contributed by atoms with E-state index in [0.29, 0.717) is 17.9 Å². The molecule has 0 radical (unpaired) electrons. The van der Waals surface area contributed by atoms with Gasteiger partial charge in [-0.2, -0.15) is 0 Å². The normalized spacial score (nSPS) is 20.3. The first-order chi connectivity index (χ1) is 10.7. The van der Waals surface area contributed by atoms with Crippen LogP contribution in [-0.4, -0.2) is 41.3 Å². The molecule has 0 amide bonds. The number of hydrogen-bond donors (Lipinski definition) is 3. The van der Waals surface area contributed by atoms with E-state index >= 15 is 0 Å². The lowest BCUT2D eigenvalue weighted by Crippen LogP contribution is -2.45. The van der Waals surface area contributed by atoms with Gasteiger partial charge >= 0.3 is 5.97 Å². The number of carboxylic acid groups (broad SMARTS) is 1.